The fourth-order valence-electron chi connectivity index (χ4n) is 4.30. The molecule has 5 heteroatoms. The van der Waals surface area contributed by atoms with Crippen molar-refractivity contribution in [1.82, 2.24) is 4.90 Å². The van der Waals surface area contributed by atoms with E-state index in [1.54, 1.807) is 0 Å². The van der Waals surface area contributed by atoms with Crippen molar-refractivity contribution in [2.24, 2.45) is 5.92 Å². The van der Waals surface area contributed by atoms with Crippen LogP contribution in [0.3, 0.4) is 0 Å². The number of hydrogen-bond donors (Lipinski definition) is 1. The zero-order valence-corrected chi connectivity index (χ0v) is 19.9. The maximum Gasteiger partial charge on any atom is 0.305 e. The number of hydrogen-bond acceptors (Lipinski definition) is 4. The zero-order chi connectivity index (χ0) is 23.2. The highest BCUT2D eigenvalue weighted by Crippen LogP contribution is 2.22. The fraction of sp³-hybridized carbons (Fsp3) is 0.630. The Morgan fingerprint density at radius 3 is 2.66 bits per heavy atom. The minimum Gasteiger partial charge on any atom is -0.469 e. The molecule has 1 heterocycles. The first kappa shape index (κ1) is 26.1. The number of methoxy groups -OCH3 is 1. The monoisotopic (exact) mass is 443 g/mol. The molecule has 178 valence electrons. The Morgan fingerprint density at radius 1 is 1.16 bits per heavy atom. The van der Waals surface area contributed by atoms with E-state index in [0.29, 0.717) is 12.8 Å². The number of nitrogens with zero attached hydrogens (tertiary/aromatic N) is 1. The third-order valence-electron chi connectivity index (χ3n) is 6.46. The molecule has 0 saturated carbocycles. The van der Waals surface area contributed by atoms with Gasteiger partial charge in [-0.2, -0.15) is 0 Å². The van der Waals surface area contributed by atoms with E-state index < -0.39 is 6.10 Å². The summed E-state index contributed by atoms with van der Waals surface area (Å²) in [5, 5.41) is 10.6. The molecule has 0 aliphatic carbocycles. The Hall–Kier alpha value is -2.14. The fourth-order valence-corrected chi connectivity index (χ4v) is 4.30. The number of esters is 1. The molecule has 1 fully saturated rings. The van der Waals surface area contributed by atoms with Gasteiger partial charge in [-0.25, -0.2) is 0 Å². The van der Waals surface area contributed by atoms with Gasteiger partial charge in [-0.3, -0.25) is 9.59 Å². The van der Waals surface area contributed by atoms with E-state index in [-0.39, 0.29) is 23.8 Å². The van der Waals surface area contributed by atoms with E-state index in [0.717, 1.165) is 64.3 Å². The van der Waals surface area contributed by atoms with Crippen molar-refractivity contribution in [1.29, 1.82) is 0 Å². The number of aryl methyl sites for hydroxylation is 1. The Balaban J connectivity index is 1.65. The van der Waals surface area contributed by atoms with Crippen LogP contribution >= 0.6 is 0 Å². The molecule has 0 aromatic heterocycles. The summed E-state index contributed by atoms with van der Waals surface area (Å²) in [6.07, 6.45) is 13.4. The van der Waals surface area contributed by atoms with Crippen LogP contribution in [0.5, 0.6) is 0 Å². The van der Waals surface area contributed by atoms with Crippen LogP contribution in [0.4, 0.5) is 0 Å². The third kappa shape index (κ3) is 9.56. The lowest BCUT2D eigenvalue weighted by Crippen LogP contribution is -2.33. The van der Waals surface area contributed by atoms with Crippen molar-refractivity contribution >= 4 is 11.9 Å². The number of unbranched alkanes of at least 4 members (excludes halogenated alkanes) is 4. The second-order valence-corrected chi connectivity index (χ2v) is 9.02. The molecular formula is C27H41NO4. The van der Waals surface area contributed by atoms with E-state index in [1.165, 1.54) is 12.7 Å². The second kappa shape index (κ2) is 14.8. The molecule has 5 nitrogen and oxygen atoms in total. The summed E-state index contributed by atoms with van der Waals surface area (Å²) in [6.45, 7) is 2.85. The molecule has 32 heavy (non-hydrogen) atoms. The first-order valence-corrected chi connectivity index (χ1v) is 12.3. The van der Waals surface area contributed by atoms with Crippen molar-refractivity contribution < 1.29 is 19.4 Å². The number of rotatable bonds is 15. The highest BCUT2D eigenvalue weighted by Gasteiger charge is 2.28. The van der Waals surface area contributed by atoms with Crippen molar-refractivity contribution in [3.8, 4) is 0 Å². The summed E-state index contributed by atoms with van der Waals surface area (Å²) >= 11 is 0. The molecule has 1 aliphatic rings. The Labute approximate surface area is 193 Å². The van der Waals surface area contributed by atoms with E-state index >= 15 is 0 Å². The molecule has 1 aliphatic heterocycles. The standard InChI is InChI=1S/C27H41NO4/c1-22(12-9-10-15-23-13-6-5-7-14-23)25(29)19-17-24-18-20-26(30)28(24)21-11-4-3-8-16-27(31)32-2/h5-7,13-14,17,19,22,24-25,29H,3-4,8-12,15-16,18,20-21H2,1-2H3/t22-,24-,25-/m0/s1. The van der Waals surface area contributed by atoms with Crippen molar-refractivity contribution in [3.05, 3.63) is 48.0 Å². The van der Waals surface area contributed by atoms with Crippen LogP contribution in [0, 0.1) is 5.92 Å². The topological polar surface area (TPSA) is 66.8 Å². The summed E-state index contributed by atoms with van der Waals surface area (Å²) < 4.78 is 4.65. The molecule has 1 aromatic carbocycles. The smallest absolute Gasteiger partial charge is 0.305 e. The van der Waals surface area contributed by atoms with Crippen molar-refractivity contribution in [2.75, 3.05) is 13.7 Å². The van der Waals surface area contributed by atoms with Crippen LogP contribution in [-0.4, -0.2) is 47.7 Å². The van der Waals surface area contributed by atoms with Crippen LogP contribution in [0.1, 0.15) is 76.7 Å². The third-order valence-corrected chi connectivity index (χ3v) is 6.46. The number of aliphatic hydroxyl groups excluding tert-OH is 1. The zero-order valence-electron chi connectivity index (χ0n) is 19.9. The minimum absolute atomic E-state index is 0.0949. The average Bonchev–Trinajstić information content (AvgIpc) is 3.16. The number of ether oxygens (including phenoxy) is 1. The van der Waals surface area contributed by atoms with Crippen molar-refractivity contribution in [3.63, 3.8) is 0 Å². The summed E-state index contributed by atoms with van der Waals surface area (Å²) in [6, 6.07) is 10.6. The van der Waals surface area contributed by atoms with Gasteiger partial charge in [0, 0.05) is 19.4 Å². The summed E-state index contributed by atoms with van der Waals surface area (Å²) in [4.78, 5) is 25.4. The number of amides is 1. The lowest BCUT2D eigenvalue weighted by Gasteiger charge is -2.23. The molecule has 3 atom stereocenters. The van der Waals surface area contributed by atoms with Gasteiger partial charge in [0.05, 0.1) is 19.3 Å². The number of likely N-dealkylation sites (tertiary alicyclic amines) is 1. The van der Waals surface area contributed by atoms with Crippen LogP contribution in [0.25, 0.3) is 0 Å². The summed E-state index contributed by atoms with van der Waals surface area (Å²) in [7, 11) is 1.42. The maximum atomic E-state index is 12.3. The summed E-state index contributed by atoms with van der Waals surface area (Å²) in [5.41, 5.74) is 1.37. The van der Waals surface area contributed by atoms with Gasteiger partial charge in [0.1, 0.15) is 0 Å². The van der Waals surface area contributed by atoms with E-state index in [4.69, 9.17) is 0 Å². The largest absolute Gasteiger partial charge is 0.469 e. The number of aliphatic hydroxyl groups is 1. The Bertz CT molecular complexity index is 703. The van der Waals surface area contributed by atoms with Gasteiger partial charge < -0.3 is 14.7 Å². The van der Waals surface area contributed by atoms with Crippen LogP contribution in [0.2, 0.25) is 0 Å². The lowest BCUT2D eigenvalue weighted by molar-refractivity contribution is -0.140. The number of benzene rings is 1. The molecule has 0 bridgehead atoms. The van der Waals surface area contributed by atoms with E-state index in [1.807, 2.05) is 23.1 Å². The highest BCUT2D eigenvalue weighted by molar-refractivity contribution is 5.79. The van der Waals surface area contributed by atoms with Gasteiger partial charge in [-0.15, -0.1) is 0 Å². The first-order chi connectivity index (χ1) is 15.5. The number of carbonyl (C=O) groups is 2. The SMILES string of the molecule is COC(=O)CCCCCCN1C(=O)CC[C@@H]1C=C[C@H](O)[C@@H](C)CCCCc1ccccc1. The molecule has 1 saturated heterocycles. The van der Waals surface area contributed by atoms with Crippen LogP contribution in [-0.2, 0) is 20.7 Å². The average molecular weight is 444 g/mol. The molecular weight excluding hydrogens is 402 g/mol. The van der Waals surface area contributed by atoms with Gasteiger partial charge in [-0.1, -0.05) is 68.7 Å². The molecule has 1 amide bonds. The molecule has 1 N–H and O–H groups in total. The molecule has 1 aromatic rings. The quantitative estimate of drug-likeness (QED) is 0.234. The first-order valence-electron chi connectivity index (χ1n) is 12.3. The second-order valence-electron chi connectivity index (χ2n) is 9.02. The van der Waals surface area contributed by atoms with Gasteiger partial charge in [0.2, 0.25) is 5.91 Å². The molecule has 0 unspecified atom stereocenters. The Kier molecular flexibility index (Phi) is 12.1. The maximum absolute atomic E-state index is 12.3. The van der Waals surface area contributed by atoms with Gasteiger partial charge >= 0.3 is 5.97 Å². The normalized spacial score (nSPS) is 18.3. The minimum atomic E-state index is -0.470. The highest BCUT2D eigenvalue weighted by atomic mass is 16.5. The number of carbonyl (C=O) groups excluding carboxylic acids is 2. The van der Waals surface area contributed by atoms with E-state index in [9.17, 15) is 14.7 Å². The van der Waals surface area contributed by atoms with Crippen molar-refractivity contribution in [2.45, 2.75) is 89.7 Å². The Morgan fingerprint density at radius 2 is 1.91 bits per heavy atom. The van der Waals surface area contributed by atoms with Gasteiger partial charge in [0.25, 0.3) is 0 Å². The molecule has 0 radical (unpaired) electrons. The molecule has 0 spiro atoms. The summed E-state index contributed by atoms with van der Waals surface area (Å²) in [5.74, 6) is 0.258. The van der Waals surface area contributed by atoms with Crippen LogP contribution in [0.15, 0.2) is 42.5 Å². The van der Waals surface area contributed by atoms with Gasteiger partial charge in [-0.05, 0) is 50.0 Å². The van der Waals surface area contributed by atoms with Gasteiger partial charge in [0.15, 0.2) is 0 Å². The lowest BCUT2D eigenvalue weighted by atomic mass is 9.95. The molecule has 2 rings (SSSR count). The van der Waals surface area contributed by atoms with Crippen LogP contribution < -0.4 is 0 Å². The predicted molar refractivity (Wildman–Crippen MR) is 128 cm³/mol. The predicted octanol–water partition coefficient (Wildman–Crippen LogP) is 5.07. The van der Waals surface area contributed by atoms with E-state index in [2.05, 4.69) is 35.9 Å².